The highest BCUT2D eigenvalue weighted by Gasteiger charge is 2.32. The Morgan fingerprint density at radius 2 is 2.00 bits per heavy atom. The van der Waals surface area contributed by atoms with E-state index in [0.717, 1.165) is 6.07 Å². The SMILES string of the molecule is N#Cc1ccc2[nH]c(C(F)(F)F)cc2c1Cl. The van der Waals surface area contributed by atoms with Crippen LogP contribution in [0.25, 0.3) is 10.9 Å². The minimum atomic E-state index is -4.45. The second-order valence-corrected chi connectivity index (χ2v) is 3.56. The van der Waals surface area contributed by atoms with E-state index in [4.69, 9.17) is 16.9 Å². The van der Waals surface area contributed by atoms with Crippen molar-refractivity contribution in [2.24, 2.45) is 0 Å². The van der Waals surface area contributed by atoms with Gasteiger partial charge in [-0.3, -0.25) is 0 Å². The predicted molar refractivity (Wildman–Crippen MR) is 53.0 cm³/mol. The van der Waals surface area contributed by atoms with E-state index in [-0.39, 0.29) is 21.5 Å². The van der Waals surface area contributed by atoms with Gasteiger partial charge in [0.1, 0.15) is 11.8 Å². The smallest absolute Gasteiger partial charge is 0.351 e. The van der Waals surface area contributed by atoms with E-state index in [0.29, 0.717) is 0 Å². The molecule has 0 saturated carbocycles. The highest BCUT2D eigenvalue weighted by atomic mass is 35.5. The molecular formula is C10H4ClF3N2. The molecule has 1 aromatic carbocycles. The lowest BCUT2D eigenvalue weighted by molar-refractivity contribution is -0.140. The number of H-pyrrole nitrogens is 1. The minimum Gasteiger partial charge on any atom is -0.351 e. The Morgan fingerprint density at radius 3 is 2.56 bits per heavy atom. The molecule has 82 valence electrons. The van der Waals surface area contributed by atoms with Gasteiger partial charge in [-0.25, -0.2) is 0 Å². The Balaban J connectivity index is 2.73. The van der Waals surface area contributed by atoms with Crippen LogP contribution in [0.15, 0.2) is 18.2 Å². The van der Waals surface area contributed by atoms with Gasteiger partial charge in [0.15, 0.2) is 0 Å². The Hall–Kier alpha value is -1.67. The summed E-state index contributed by atoms with van der Waals surface area (Å²) in [4.78, 5) is 2.21. The molecule has 0 saturated heterocycles. The zero-order valence-corrected chi connectivity index (χ0v) is 8.45. The molecule has 0 aliphatic heterocycles. The summed E-state index contributed by atoms with van der Waals surface area (Å²) in [7, 11) is 0. The van der Waals surface area contributed by atoms with Gasteiger partial charge in [-0.05, 0) is 18.2 Å². The Bertz CT molecular complexity index is 592. The fourth-order valence-corrected chi connectivity index (χ4v) is 1.67. The Labute approximate surface area is 93.2 Å². The summed E-state index contributed by atoms with van der Waals surface area (Å²) in [5.74, 6) is 0. The molecule has 0 unspecified atom stereocenters. The van der Waals surface area contributed by atoms with E-state index in [1.54, 1.807) is 0 Å². The summed E-state index contributed by atoms with van der Waals surface area (Å²) in [6, 6.07) is 5.48. The normalized spacial score (nSPS) is 11.7. The number of alkyl halides is 3. The van der Waals surface area contributed by atoms with E-state index in [1.807, 2.05) is 6.07 Å². The van der Waals surface area contributed by atoms with Gasteiger partial charge in [-0.15, -0.1) is 0 Å². The van der Waals surface area contributed by atoms with Crippen molar-refractivity contribution in [2.45, 2.75) is 6.18 Å². The number of hydrogen-bond donors (Lipinski definition) is 1. The van der Waals surface area contributed by atoms with Crippen LogP contribution in [0.1, 0.15) is 11.3 Å². The maximum absolute atomic E-state index is 12.4. The minimum absolute atomic E-state index is 0.0340. The van der Waals surface area contributed by atoms with E-state index in [9.17, 15) is 13.2 Å². The van der Waals surface area contributed by atoms with Gasteiger partial charge in [0.25, 0.3) is 0 Å². The lowest BCUT2D eigenvalue weighted by Crippen LogP contribution is -2.04. The highest BCUT2D eigenvalue weighted by Crippen LogP contribution is 2.34. The largest absolute Gasteiger partial charge is 0.431 e. The summed E-state index contributed by atoms with van der Waals surface area (Å²) in [6.07, 6.45) is -4.45. The quantitative estimate of drug-likeness (QED) is 0.754. The molecule has 0 aliphatic rings. The molecule has 0 bridgehead atoms. The lowest BCUT2D eigenvalue weighted by atomic mass is 10.2. The van der Waals surface area contributed by atoms with Crippen LogP contribution in [-0.2, 0) is 6.18 Å². The first-order valence-corrected chi connectivity index (χ1v) is 4.60. The van der Waals surface area contributed by atoms with Gasteiger partial charge in [0, 0.05) is 10.9 Å². The zero-order valence-electron chi connectivity index (χ0n) is 7.69. The number of rotatable bonds is 0. The molecule has 0 aliphatic carbocycles. The molecular weight excluding hydrogens is 241 g/mol. The zero-order chi connectivity index (χ0) is 11.9. The van der Waals surface area contributed by atoms with E-state index in [2.05, 4.69) is 4.98 Å². The third-order valence-electron chi connectivity index (χ3n) is 2.16. The lowest BCUT2D eigenvalue weighted by Gasteiger charge is -2.00. The third kappa shape index (κ3) is 1.61. The molecule has 0 atom stereocenters. The van der Waals surface area contributed by atoms with Crippen LogP contribution in [0.2, 0.25) is 5.02 Å². The maximum atomic E-state index is 12.4. The average molecular weight is 245 g/mol. The van der Waals surface area contributed by atoms with Crippen molar-refractivity contribution in [1.29, 1.82) is 5.26 Å². The molecule has 16 heavy (non-hydrogen) atoms. The number of nitrogens with zero attached hydrogens (tertiary/aromatic N) is 1. The number of aromatic nitrogens is 1. The van der Waals surface area contributed by atoms with Crippen molar-refractivity contribution in [3.05, 3.63) is 34.5 Å². The van der Waals surface area contributed by atoms with Gasteiger partial charge in [0.05, 0.1) is 10.6 Å². The number of nitrogens with one attached hydrogen (secondary N) is 1. The number of halogens is 4. The molecule has 0 amide bonds. The van der Waals surface area contributed by atoms with E-state index >= 15 is 0 Å². The average Bonchev–Trinajstić information content (AvgIpc) is 2.62. The first kappa shape index (κ1) is 10.8. The summed E-state index contributed by atoms with van der Waals surface area (Å²) < 4.78 is 37.2. The molecule has 1 aromatic heterocycles. The van der Waals surface area contributed by atoms with Gasteiger partial charge in [-0.2, -0.15) is 18.4 Å². The molecule has 0 radical (unpaired) electrons. The van der Waals surface area contributed by atoms with Gasteiger partial charge < -0.3 is 4.98 Å². The van der Waals surface area contributed by atoms with Crippen molar-refractivity contribution in [1.82, 2.24) is 4.98 Å². The second-order valence-electron chi connectivity index (χ2n) is 3.18. The van der Waals surface area contributed by atoms with Crippen molar-refractivity contribution in [3.8, 4) is 6.07 Å². The molecule has 2 rings (SSSR count). The number of hydrogen-bond acceptors (Lipinski definition) is 1. The van der Waals surface area contributed by atoms with Crippen molar-refractivity contribution < 1.29 is 13.2 Å². The molecule has 2 aromatic rings. The van der Waals surface area contributed by atoms with Crippen LogP contribution >= 0.6 is 11.6 Å². The first-order valence-electron chi connectivity index (χ1n) is 4.22. The number of benzene rings is 1. The molecule has 6 heteroatoms. The van der Waals surface area contributed by atoms with Gasteiger partial charge in [0.2, 0.25) is 0 Å². The maximum Gasteiger partial charge on any atom is 0.431 e. The summed E-state index contributed by atoms with van der Waals surface area (Å²) in [5, 5.41) is 8.91. The fourth-order valence-electron chi connectivity index (χ4n) is 1.41. The van der Waals surface area contributed by atoms with Crippen molar-refractivity contribution in [2.75, 3.05) is 0 Å². The Kier molecular flexibility index (Phi) is 2.32. The van der Waals surface area contributed by atoms with E-state index in [1.165, 1.54) is 12.1 Å². The topological polar surface area (TPSA) is 39.6 Å². The summed E-state index contributed by atoms with van der Waals surface area (Å²) in [5.41, 5.74) is -0.460. The first-order chi connectivity index (χ1) is 7.43. The number of nitriles is 1. The highest BCUT2D eigenvalue weighted by molar-refractivity contribution is 6.36. The molecule has 2 nitrogen and oxygen atoms in total. The van der Waals surface area contributed by atoms with E-state index < -0.39 is 11.9 Å². The molecule has 0 spiro atoms. The van der Waals surface area contributed by atoms with Crippen LogP contribution in [0.5, 0.6) is 0 Å². The van der Waals surface area contributed by atoms with Crippen LogP contribution < -0.4 is 0 Å². The Morgan fingerprint density at radius 1 is 1.31 bits per heavy atom. The summed E-state index contributed by atoms with van der Waals surface area (Å²) >= 11 is 5.80. The van der Waals surface area contributed by atoms with Crippen molar-refractivity contribution in [3.63, 3.8) is 0 Å². The van der Waals surface area contributed by atoms with Crippen LogP contribution in [0.3, 0.4) is 0 Å². The van der Waals surface area contributed by atoms with Crippen LogP contribution in [0.4, 0.5) is 13.2 Å². The van der Waals surface area contributed by atoms with Crippen LogP contribution in [-0.4, -0.2) is 4.98 Å². The monoisotopic (exact) mass is 244 g/mol. The van der Waals surface area contributed by atoms with Crippen molar-refractivity contribution >= 4 is 22.5 Å². The van der Waals surface area contributed by atoms with Gasteiger partial charge in [-0.1, -0.05) is 11.6 Å². The molecule has 1 N–H and O–H groups in total. The standard InChI is InChI=1S/C10H4ClF3N2/c11-9-5(4-15)1-2-7-6(9)3-8(16-7)10(12,13)14/h1-3,16H. The number of aromatic amines is 1. The summed E-state index contributed by atoms with van der Waals surface area (Å²) in [6.45, 7) is 0. The van der Waals surface area contributed by atoms with Crippen LogP contribution in [0, 0.1) is 11.3 Å². The second kappa shape index (κ2) is 3.42. The third-order valence-corrected chi connectivity index (χ3v) is 2.57. The fraction of sp³-hybridized carbons (Fsp3) is 0.100. The van der Waals surface area contributed by atoms with Gasteiger partial charge >= 0.3 is 6.18 Å². The predicted octanol–water partition coefficient (Wildman–Crippen LogP) is 3.71. The molecule has 1 heterocycles. The number of fused-ring (bicyclic) bond motifs is 1. The molecule has 0 fully saturated rings.